The van der Waals surface area contributed by atoms with Crippen LogP contribution >= 0.6 is 11.8 Å². The molecule has 0 spiro atoms. The van der Waals surface area contributed by atoms with Crippen LogP contribution in [0.1, 0.15) is 13.3 Å². The zero-order valence-corrected chi connectivity index (χ0v) is 12.3. The Bertz CT molecular complexity index is 369. The number of benzene rings is 1. The van der Waals surface area contributed by atoms with Crippen LogP contribution in [-0.4, -0.2) is 38.0 Å². The Balaban J connectivity index is 1.73. The van der Waals surface area contributed by atoms with Gasteiger partial charge in [0.2, 0.25) is 0 Å². The molecular weight excluding hydrogens is 299 g/mol. The SMILES string of the molecule is CC(=O)O[C@H]1CS[C@H](C[Se]c2ccccc2)C1. The Kier molecular flexibility index (Phi) is 4.96. The maximum absolute atomic E-state index is 10.9. The van der Waals surface area contributed by atoms with E-state index in [0.717, 1.165) is 12.2 Å². The number of thioether (sulfide) groups is 1. The molecule has 1 aromatic rings. The molecule has 2 nitrogen and oxygen atoms in total. The third kappa shape index (κ3) is 4.38. The van der Waals surface area contributed by atoms with Gasteiger partial charge in [0.05, 0.1) is 0 Å². The van der Waals surface area contributed by atoms with Crippen molar-refractivity contribution in [1.82, 2.24) is 0 Å². The molecule has 0 unspecified atom stereocenters. The standard InChI is InChI=1S/C13H16O2SSe/c1-10(14)15-11-7-12(16-8-11)9-17-13-5-3-2-4-6-13/h2-6,11-12H,7-9H2,1H3/t11-,12+/m1/s1. The van der Waals surface area contributed by atoms with Crippen LogP contribution in [0.2, 0.25) is 5.32 Å². The molecule has 2 atom stereocenters. The topological polar surface area (TPSA) is 26.3 Å². The van der Waals surface area contributed by atoms with E-state index < -0.39 is 0 Å². The van der Waals surface area contributed by atoms with Crippen molar-refractivity contribution >= 4 is 37.1 Å². The first-order valence-corrected chi connectivity index (χ1v) is 8.82. The molecule has 0 aliphatic carbocycles. The zero-order valence-electron chi connectivity index (χ0n) is 9.80. The van der Waals surface area contributed by atoms with Crippen LogP contribution in [0.4, 0.5) is 0 Å². The fourth-order valence-corrected chi connectivity index (χ4v) is 5.72. The van der Waals surface area contributed by atoms with E-state index in [1.165, 1.54) is 16.7 Å². The van der Waals surface area contributed by atoms with Crippen molar-refractivity contribution in [2.45, 2.75) is 30.0 Å². The van der Waals surface area contributed by atoms with Gasteiger partial charge in [-0.25, -0.2) is 0 Å². The van der Waals surface area contributed by atoms with Crippen LogP contribution in [0.5, 0.6) is 0 Å². The summed E-state index contributed by atoms with van der Waals surface area (Å²) < 4.78 is 6.70. The molecule has 0 N–H and O–H groups in total. The van der Waals surface area contributed by atoms with E-state index in [1.54, 1.807) is 0 Å². The molecular formula is C13H16O2SSe. The van der Waals surface area contributed by atoms with E-state index in [0.29, 0.717) is 20.2 Å². The Labute approximate surface area is 113 Å². The summed E-state index contributed by atoms with van der Waals surface area (Å²) >= 11 is 2.50. The molecule has 1 aliphatic heterocycles. The average molecular weight is 315 g/mol. The second-order valence-electron chi connectivity index (χ2n) is 4.05. The van der Waals surface area contributed by atoms with Crippen LogP contribution in [-0.2, 0) is 9.53 Å². The first-order chi connectivity index (χ1) is 8.24. The van der Waals surface area contributed by atoms with Crippen molar-refractivity contribution in [3.05, 3.63) is 30.3 Å². The summed E-state index contributed by atoms with van der Waals surface area (Å²) in [7, 11) is 0. The van der Waals surface area contributed by atoms with Gasteiger partial charge in [0, 0.05) is 0 Å². The monoisotopic (exact) mass is 316 g/mol. The van der Waals surface area contributed by atoms with Gasteiger partial charge in [0.1, 0.15) is 0 Å². The average Bonchev–Trinajstić information content (AvgIpc) is 2.75. The van der Waals surface area contributed by atoms with Crippen molar-refractivity contribution in [3.63, 3.8) is 0 Å². The minimum atomic E-state index is -0.148. The van der Waals surface area contributed by atoms with Gasteiger partial charge in [-0.2, -0.15) is 0 Å². The van der Waals surface area contributed by atoms with Gasteiger partial charge < -0.3 is 0 Å². The van der Waals surface area contributed by atoms with Crippen LogP contribution < -0.4 is 4.46 Å². The molecule has 0 amide bonds. The molecule has 1 heterocycles. The number of hydrogen-bond acceptors (Lipinski definition) is 3. The molecule has 0 bridgehead atoms. The van der Waals surface area contributed by atoms with E-state index >= 15 is 0 Å². The summed E-state index contributed by atoms with van der Waals surface area (Å²) in [5, 5.41) is 1.90. The predicted molar refractivity (Wildman–Crippen MR) is 73.1 cm³/mol. The quantitative estimate of drug-likeness (QED) is 0.627. The second kappa shape index (κ2) is 6.48. The van der Waals surface area contributed by atoms with Crippen LogP contribution in [0.3, 0.4) is 0 Å². The molecule has 0 radical (unpaired) electrons. The van der Waals surface area contributed by atoms with Crippen molar-refractivity contribution in [2.24, 2.45) is 0 Å². The molecule has 1 fully saturated rings. The molecule has 1 aliphatic rings. The predicted octanol–water partition coefficient (Wildman–Crippen LogP) is 1.87. The van der Waals surface area contributed by atoms with E-state index in [4.69, 9.17) is 4.74 Å². The minimum absolute atomic E-state index is 0.147. The van der Waals surface area contributed by atoms with Crippen molar-refractivity contribution in [1.29, 1.82) is 0 Å². The van der Waals surface area contributed by atoms with Crippen molar-refractivity contribution in [3.8, 4) is 0 Å². The Morgan fingerprint density at radius 1 is 1.47 bits per heavy atom. The van der Waals surface area contributed by atoms with Gasteiger partial charge in [-0.15, -0.1) is 0 Å². The third-order valence-electron chi connectivity index (χ3n) is 2.56. The summed E-state index contributed by atoms with van der Waals surface area (Å²) in [6.07, 6.45) is 1.17. The number of rotatable bonds is 4. The number of esters is 1. The normalized spacial score (nSPS) is 23.6. The third-order valence-corrected chi connectivity index (χ3v) is 6.89. The van der Waals surface area contributed by atoms with E-state index in [9.17, 15) is 4.79 Å². The van der Waals surface area contributed by atoms with Gasteiger partial charge in [0.25, 0.3) is 0 Å². The van der Waals surface area contributed by atoms with Crippen LogP contribution in [0.25, 0.3) is 0 Å². The van der Waals surface area contributed by atoms with Gasteiger partial charge in [-0.1, -0.05) is 0 Å². The number of carbonyl (C=O) groups excluding carboxylic acids is 1. The second-order valence-corrected chi connectivity index (χ2v) is 7.67. The first kappa shape index (κ1) is 13.0. The summed E-state index contributed by atoms with van der Waals surface area (Å²) in [4.78, 5) is 10.9. The van der Waals surface area contributed by atoms with E-state index in [2.05, 4.69) is 30.3 Å². The zero-order chi connectivity index (χ0) is 12.1. The maximum atomic E-state index is 10.9. The Hall–Kier alpha value is -0.441. The molecule has 92 valence electrons. The van der Waals surface area contributed by atoms with Gasteiger partial charge in [-0.3, -0.25) is 0 Å². The number of hydrogen-bond donors (Lipinski definition) is 0. The Morgan fingerprint density at radius 2 is 2.24 bits per heavy atom. The van der Waals surface area contributed by atoms with Gasteiger partial charge >= 0.3 is 113 Å². The number of carbonyl (C=O) groups is 1. The molecule has 1 saturated heterocycles. The Morgan fingerprint density at radius 3 is 2.94 bits per heavy atom. The van der Waals surface area contributed by atoms with Crippen molar-refractivity contribution < 1.29 is 9.53 Å². The van der Waals surface area contributed by atoms with Crippen LogP contribution in [0.15, 0.2) is 30.3 Å². The number of ether oxygens (including phenoxy) is 1. The summed E-state index contributed by atoms with van der Waals surface area (Å²) in [6, 6.07) is 10.6. The fourth-order valence-electron chi connectivity index (χ4n) is 1.81. The molecule has 0 aromatic heterocycles. The van der Waals surface area contributed by atoms with Crippen molar-refractivity contribution in [2.75, 3.05) is 5.75 Å². The summed E-state index contributed by atoms with van der Waals surface area (Å²) in [6.45, 7) is 1.49. The molecule has 2 rings (SSSR count). The van der Waals surface area contributed by atoms with E-state index in [-0.39, 0.29) is 12.1 Å². The summed E-state index contributed by atoms with van der Waals surface area (Å²) in [5.74, 6) is 0.819. The molecule has 0 saturated carbocycles. The van der Waals surface area contributed by atoms with Gasteiger partial charge in [-0.05, 0) is 0 Å². The summed E-state index contributed by atoms with van der Waals surface area (Å²) in [5.41, 5.74) is 0. The first-order valence-electron chi connectivity index (χ1n) is 5.70. The van der Waals surface area contributed by atoms with E-state index in [1.807, 2.05) is 11.8 Å². The van der Waals surface area contributed by atoms with Gasteiger partial charge in [0.15, 0.2) is 0 Å². The molecule has 17 heavy (non-hydrogen) atoms. The molecule has 4 heteroatoms. The fraction of sp³-hybridized carbons (Fsp3) is 0.462. The molecule has 1 aromatic carbocycles. The van der Waals surface area contributed by atoms with Crippen LogP contribution in [0, 0.1) is 0 Å².